The topological polar surface area (TPSA) is 65.0 Å². The van der Waals surface area contributed by atoms with Crippen LogP contribution >= 0.6 is 0 Å². The summed E-state index contributed by atoms with van der Waals surface area (Å²) >= 11 is 0. The van der Waals surface area contributed by atoms with Crippen molar-refractivity contribution in [2.45, 2.75) is 103 Å². The van der Waals surface area contributed by atoms with Crippen LogP contribution in [0.15, 0.2) is 36.4 Å². The van der Waals surface area contributed by atoms with E-state index in [0.717, 1.165) is 32.1 Å². The Hall–Kier alpha value is -2.43. The van der Waals surface area contributed by atoms with Crippen LogP contribution < -0.4 is 9.47 Å². The molecule has 0 unspecified atom stereocenters. The molecule has 1 aliphatic rings. The lowest BCUT2D eigenvalue weighted by atomic mass is 10.0. The zero-order valence-corrected chi connectivity index (χ0v) is 21.2. The van der Waals surface area contributed by atoms with E-state index in [1.54, 1.807) is 12.1 Å². The number of aromatic hydroxyl groups is 1. The van der Waals surface area contributed by atoms with Crippen molar-refractivity contribution in [1.29, 1.82) is 0 Å². The first kappa shape index (κ1) is 27.8. The SMILES string of the molecule is CCCCC/C=C\C/C=C\CCCCCCCC(=O)O[C@@H]1COc2cc(OCC)cc(O)c2C1. The lowest BCUT2D eigenvalue weighted by Crippen LogP contribution is -2.31. The van der Waals surface area contributed by atoms with Gasteiger partial charge in [-0.1, -0.05) is 63.3 Å². The van der Waals surface area contributed by atoms with Gasteiger partial charge in [0.25, 0.3) is 0 Å². The zero-order chi connectivity index (χ0) is 24.4. The van der Waals surface area contributed by atoms with Gasteiger partial charge in [0, 0.05) is 30.5 Å². The van der Waals surface area contributed by atoms with Crippen molar-refractivity contribution < 1.29 is 24.1 Å². The van der Waals surface area contributed by atoms with Crippen LogP contribution in [-0.4, -0.2) is 30.4 Å². The van der Waals surface area contributed by atoms with Crippen molar-refractivity contribution in [3.8, 4) is 17.2 Å². The van der Waals surface area contributed by atoms with Crippen LogP contribution in [-0.2, 0) is 16.0 Å². The number of hydrogen-bond donors (Lipinski definition) is 1. The Kier molecular flexibility index (Phi) is 14.0. The summed E-state index contributed by atoms with van der Waals surface area (Å²) in [5.41, 5.74) is 0.671. The minimum absolute atomic E-state index is 0.121. The number of rotatable bonds is 17. The molecule has 0 aromatic heterocycles. The van der Waals surface area contributed by atoms with Gasteiger partial charge in [-0.15, -0.1) is 0 Å². The Morgan fingerprint density at radius 2 is 1.71 bits per heavy atom. The molecule has 1 heterocycles. The van der Waals surface area contributed by atoms with Crippen LogP contribution in [0, 0.1) is 0 Å². The highest BCUT2D eigenvalue weighted by molar-refractivity contribution is 5.69. The summed E-state index contributed by atoms with van der Waals surface area (Å²) in [6, 6.07) is 3.36. The van der Waals surface area contributed by atoms with Crippen molar-refractivity contribution in [1.82, 2.24) is 0 Å². The second-order valence-electron chi connectivity index (χ2n) is 8.96. The summed E-state index contributed by atoms with van der Waals surface area (Å²) in [6.45, 7) is 4.95. The third-order valence-electron chi connectivity index (χ3n) is 5.96. The number of phenolic OH excluding ortho intramolecular Hbond substituents is 1. The average molecular weight is 473 g/mol. The molecule has 0 saturated carbocycles. The van der Waals surface area contributed by atoms with E-state index < -0.39 is 0 Å². The third-order valence-corrected chi connectivity index (χ3v) is 5.96. The Morgan fingerprint density at radius 3 is 2.44 bits per heavy atom. The molecule has 0 fully saturated rings. The molecule has 1 atom stereocenters. The first-order valence-electron chi connectivity index (χ1n) is 13.2. The van der Waals surface area contributed by atoms with Gasteiger partial charge in [-0.05, 0) is 45.4 Å². The van der Waals surface area contributed by atoms with Gasteiger partial charge in [0.2, 0.25) is 0 Å². The summed E-state index contributed by atoms with van der Waals surface area (Å²) < 4.78 is 16.7. The molecule has 0 amide bonds. The molecule has 1 aromatic carbocycles. The Bertz CT molecular complexity index is 768. The summed E-state index contributed by atoms with van der Waals surface area (Å²) in [5, 5.41) is 10.3. The quantitative estimate of drug-likeness (QED) is 0.145. The maximum atomic E-state index is 12.2. The van der Waals surface area contributed by atoms with E-state index in [1.807, 2.05) is 6.92 Å². The van der Waals surface area contributed by atoms with E-state index in [4.69, 9.17) is 14.2 Å². The Labute approximate surface area is 206 Å². The average Bonchev–Trinajstić information content (AvgIpc) is 2.82. The second kappa shape index (κ2) is 17.1. The fraction of sp³-hybridized carbons (Fsp3) is 0.621. The number of unbranched alkanes of at least 4 members (excludes halogenated alkanes) is 8. The number of allylic oxidation sites excluding steroid dienone is 4. The van der Waals surface area contributed by atoms with E-state index >= 15 is 0 Å². The van der Waals surface area contributed by atoms with Gasteiger partial charge in [0.15, 0.2) is 0 Å². The first-order valence-corrected chi connectivity index (χ1v) is 13.2. The van der Waals surface area contributed by atoms with Crippen molar-refractivity contribution >= 4 is 5.97 Å². The molecular weight excluding hydrogens is 428 g/mol. The molecule has 0 spiro atoms. The van der Waals surface area contributed by atoms with E-state index in [-0.39, 0.29) is 17.8 Å². The van der Waals surface area contributed by atoms with Gasteiger partial charge in [-0.25, -0.2) is 0 Å². The molecule has 5 heteroatoms. The minimum Gasteiger partial charge on any atom is -0.507 e. The molecule has 5 nitrogen and oxygen atoms in total. The Morgan fingerprint density at radius 1 is 1.00 bits per heavy atom. The predicted molar refractivity (Wildman–Crippen MR) is 138 cm³/mol. The van der Waals surface area contributed by atoms with Gasteiger partial charge < -0.3 is 19.3 Å². The lowest BCUT2D eigenvalue weighted by molar-refractivity contribution is -0.151. The molecule has 1 aromatic rings. The molecule has 0 radical (unpaired) electrons. The standard InChI is InChI=1S/C29H44O5/c1-3-5-6-7-8-9-10-11-12-13-14-15-16-17-18-19-29(31)34-25-20-26-27(30)21-24(32-4-2)22-28(26)33-23-25/h8-9,11-12,21-22,25,30H,3-7,10,13-20,23H2,1-2H3/b9-8-,12-11-/t25-/m0/s1. The van der Waals surface area contributed by atoms with Crippen molar-refractivity contribution in [3.05, 3.63) is 42.0 Å². The lowest BCUT2D eigenvalue weighted by Gasteiger charge is -2.26. The van der Waals surface area contributed by atoms with Crippen LogP contribution in [0.5, 0.6) is 17.2 Å². The number of ether oxygens (including phenoxy) is 3. The van der Waals surface area contributed by atoms with E-state index in [1.165, 1.54) is 38.5 Å². The monoisotopic (exact) mass is 472 g/mol. The zero-order valence-electron chi connectivity index (χ0n) is 21.2. The van der Waals surface area contributed by atoms with Gasteiger partial charge in [-0.3, -0.25) is 4.79 Å². The van der Waals surface area contributed by atoms with Gasteiger partial charge in [-0.2, -0.15) is 0 Å². The first-order chi connectivity index (χ1) is 16.6. The molecule has 2 rings (SSSR count). The van der Waals surface area contributed by atoms with E-state index in [2.05, 4.69) is 31.2 Å². The van der Waals surface area contributed by atoms with Crippen LogP contribution in [0.4, 0.5) is 0 Å². The van der Waals surface area contributed by atoms with Crippen LogP contribution in [0.2, 0.25) is 0 Å². The van der Waals surface area contributed by atoms with Crippen molar-refractivity contribution in [2.24, 2.45) is 0 Å². The van der Waals surface area contributed by atoms with Crippen molar-refractivity contribution in [2.75, 3.05) is 13.2 Å². The predicted octanol–water partition coefficient (Wildman–Crippen LogP) is 7.45. The van der Waals surface area contributed by atoms with Crippen LogP contribution in [0.25, 0.3) is 0 Å². The fourth-order valence-electron chi connectivity index (χ4n) is 4.06. The highest BCUT2D eigenvalue weighted by Crippen LogP contribution is 2.37. The summed E-state index contributed by atoms with van der Waals surface area (Å²) in [6.07, 6.45) is 22.4. The van der Waals surface area contributed by atoms with Crippen LogP contribution in [0.3, 0.4) is 0 Å². The minimum atomic E-state index is -0.359. The number of hydrogen-bond acceptors (Lipinski definition) is 5. The molecule has 1 N–H and O–H groups in total. The number of benzene rings is 1. The van der Waals surface area contributed by atoms with E-state index in [0.29, 0.717) is 43.1 Å². The molecule has 0 aliphatic carbocycles. The van der Waals surface area contributed by atoms with Gasteiger partial charge in [0.05, 0.1) is 6.61 Å². The van der Waals surface area contributed by atoms with Crippen molar-refractivity contribution in [3.63, 3.8) is 0 Å². The normalized spacial score (nSPS) is 15.4. The number of carbonyl (C=O) groups excluding carboxylic acids is 1. The largest absolute Gasteiger partial charge is 0.507 e. The molecule has 34 heavy (non-hydrogen) atoms. The van der Waals surface area contributed by atoms with Gasteiger partial charge in [0.1, 0.15) is 30.0 Å². The summed E-state index contributed by atoms with van der Waals surface area (Å²) in [4.78, 5) is 12.2. The number of phenols is 1. The number of esters is 1. The molecule has 0 bridgehead atoms. The highest BCUT2D eigenvalue weighted by Gasteiger charge is 2.26. The maximum Gasteiger partial charge on any atom is 0.306 e. The number of carbonyl (C=O) groups is 1. The molecule has 190 valence electrons. The maximum absolute atomic E-state index is 12.2. The fourth-order valence-corrected chi connectivity index (χ4v) is 4.06. The smallest absolute Gasteiger partial charge is 0.306 e. The van der Waals surface area contributed by atoms with E-state index in [9.17, 15) is 9.90 Å². The highest BCUT2D eigenvalue weighted by atomic mass is 16.6. The molecular formula is C29H44O5. The third kappa shape index (κ3) is 11.1. The summed E-state index contributed by atoms with van der Waals surface area (Å²) in [5.74, 6) is 1.11. The second-order valence-corrected chi connectivity index (χ2v) is 8.96. The molecule has 1 aliphatic heterocycles. The van der Waals surface area contributed by atoms with Crippen LogP contribution in [0.1, 0.15) is 96.5 Å². The Balaban J connectivity index is 1.50. The molecule has 0 saturated heterocycles. The summed E-state index contributed by atoms with van der Waals surface area (Å²) in [7, 11) is 0. The number of fused-ring (bicyclic) bond motifs is 1. The van der Waals surface area contributed by atoms with Gasteiger partial charge >= 0.3 is 5.97 Å².